The Morgan fingerprint density at radius 2 is 1.84 bits per heavy atom. The number of hydrogen-bond donors (Lipinski definition) is 2. The van der Waals surface area contributed by atoms with Gasteiger partial charge in [0.2, 0.25) is 5.91 Å². The Kier molecular flexibility index (Phi) is 7.18. The van der Waals surface area contributed by atoms with Crippen LogP contribution in [-0.2, 0) is 10.1 Å². The molecule has 104 valence electrons. The summed E-state index contributed by atoms with van der Waals surface area (Å²) in [5, 5.41) is 6.11. The minimum Gasteiger partial charge on any atom is -0.355 e. The van der Waals surface area contributed by atoms with Gasteiger partial charge in [0.1, 0.15) is 0 Å². The second-order valence-corrected chi connectivity index (χ2v) is 4.78. The van der Waals surface area contributed by atoms with E-state index in [0.29, 0.717) is 12.1 Å². The maximum Gasteiger partial charge on any atom is 0.251 e. The number of benzene rings is 1. The fraction of sp³-hybridized carbons (Fsp3) is 0.429. The molecule has 1 aromatic rings. The third kappa shape index (κ3) is 5.87. The zero-order valence-corrected chi connectivity index (χ0v) is 12.6. The van der Waals surface area contributed by atoms with Crippen LogP contribution in [0.3, 0.4) is 0 Å². The van der Waals surface area contributed by atoms with E-state index in [1.807, 2.05) is 12.1 Å². The number of alkyl halides is 1. The highest BCUT2D eigenvalue weighted by atomic mass is 79.9. The van der Waals surface area contributed by atoms with Crippen molar-refractivity contribution in [2.24, 2.45) is 0 Å². The number of carbonyl (C=O) groups is 2. The summed E-state index contributed by atoms with van der Waals surface area (Å²) in [6.45, 7) is 2.73. The van der Waals surface area contributed by atoms with E-state index in [2.05, 4.69) is 33.5 Å². The normalized spacial score (nSPS) is 10.0. The Morgan fingerprint density at radius 1 is 1.16 bits per heavy atom. The van der Waals surface area contributed by atoms with Crippen molar-refractivity contribution in [3.63, 3.8) is 0 Å². The highest BCUT2D eigenvalue weighted by molar-refractivity contribution is 9.08. The molecule has 1 rings (SSSR count). The van der Waals surface area contributed by atoms with E-state index in [4.69, 9.17) is 0 Å². The average Bonchev–Trinajstić information content (AvgIpc) is 2.45. The topological polar surface area (TPSA) is 58.2 Å². The van der Waals surface area contributed by atoms with Gasteiger partial charge in [0.25, 0.3) is 5.91 Å². The first kappa shape index (κ1) is 15.7. The molecule has 2 amide bonds. The van der Waals surface area contributed by atoms with Gasteiger partial charge in [-0.2, -0.15) is 0 Å². The molecule has 0 aliphatic rings. The molecule has 0 aliphatic heterocycles. The van der Waals surface area contributed by atoms with E-state index in [1.165, 1.54) is 0 Å². The number of unbranched alkanes of at least 4 members (excludes halogenated alkanes) is 1. The number of nitrogens with one attached hydrogen (secondary N) is 2. The quantitative estimate of drug-likeness (QED) is 0.596. The number of carbonyl (C=O) groups excluding carboxylic acids is 2. The molecular formula is C14H19BrN2O2. The molecule has 0 aromatic heterocycles. The fourth-order valence-corrected chi connectivity index (χ4v) is 1.85. The third-order valence-electron chi connectivity index (χ3n) is 2.63. The summed E-state index contributed by atoms with van der Waals surface area (Å²) < 4.78 is 0. The maximum absolute atomic E-state index is 11.8. The van der Waals surface area contributed by atoms with E-state index in [0.717, 1.165) is 23.7 Å². The molecule has 0 fully saturated rings. The van der Waals surface area contributed by atoms with Gasteiger partial charge in [0.15, 0.2) is 0 Å². The summed E-state index contributed by atoms with van der Waals surface area (Å²) in [7, 11) is 0. The van der Waals surface area contributed by atoms with Crippen LogP contribution in [0.15, 0.2) is 24.3 Å². The number of rotatable bonds is 7. The minimum absolute atomic E-state index is 0.0166. The van der Waals surface area contributed by atoms with Crippen molar-refractivity contribution in [1.29, 1.82) is 0 Å². The summed E-state index contributed by atoms with van der Waals surface area (Å²) in [4.78, 5) is 23.2. The first-order valence-corrected chi connectivity index (χ1v) is 7.49. The van der Waals surface area contributed by atoms with Crippen LogP contribution in [0.1, 0.15) is 35.7 Å². The minimum atomic E-state index is -0.230. The lowest BCUT2D eigenvalue weighted by atomic mass is 10.1. The molecule has 5 heteroatoms. The van der Waals surface area contributed by atoms with Gasteiger partial charge in [-0.15, -0.1) is 0 Å². The van der Waals surface area contributed by atoms with Crippen molar-refractivity contribution in [2.75, 3.05) is 13.1 Å². The SMILES string of the molecule is CCCCNC(=O)CNC(=O)c1ccc(CBr)cc1. The number of halogens is 1. The standard InChI is InChI=1S/C14H19BrN2O2/c1-2-3-8-16-13(18)10-17-14(19)12-6-4-11(9-15)5-7-12/h4-7H,2-3,8-10H2,1H3,(H,16,18)(H,17,19). The molecule has 2 N–H and O–H groups in total. The molecule has 0 unspecified atom stereocenters. The Hall–Kier alpha value is -1.36. The molecule has 0 saturated heterocycles. The Morgan fingerprint density at radius 3 is 2.42 bits per heavy atom. The van der Waals surface area contributed by atoms with Crippen LogP contribution >= 0.6 is 15.9 Å². The second-order valence-electron chi connectivity index (χ2n) is 4.22. The molecule has 0 bridgehead atoms. The molecule has 0 spiro atoms. The predicted molar refractivity (Wildman–Crippen MR) is 79.3 cm³/mol. The van der Waals surface area contributed by atoms with Crippen molar-refractivity contribution in [3.8, 4) is 0 Å². The van der Waals surface area contributed by atoms with E-state index in [-0.39, 0.29) is 18.4 Å². The van der Waals surface area contributed by atoms with Crippen LogP contribution in [0.4, 0.5) is 0 Å². The van der Waals surface area contributed by atoms with Crippen LogP contribution < -0.4 is 10.6 Å². The highest BCUT2D eigenvalue weighted by Crippen LogP contribution is 2.07. The summed E-state index contributed by atoms with van der Waals surface area (Å²) in [5.74, 6) is -0.384. The smallest absolute Gasteiger partial charge is 0.251 e. The van der Waals surface area contributed by atoms with Crippen LogP contribution in [0.2, 0.25) is 0 Å². The molecule has 1 aromatic carbocycles. The van der Waals surface area contributed by atoms with E-state index in [9.17, 15) is 9.59 Å². The van der Waals surface area contributed by atoms with Crippen molar-refractivity contribution in [1.82, 2.24) is 10.6 Å². The van der Waals surface area contributed by atoms with Crippen LogP contribution in [0.5, 0.6) is 0 Å². The van der Waals surface area contributed by atoms with Crippen LogP contribution in [0, 0.1) is 0 Å². The Labute approximate surface area is 122 Å². The molecule has 4 nitrogen and oxygen atoms in total. The predicted octanol–water partition coefficient (Wildman–Crippen LogP) is 2.23. The molecule has 0 heterocycles. The maximum atomic E-state index is 11.8. The van der Waals surface area contributed by atoms with Crippen molar-refractivity contribution in [2.45, 2.75) is 25.1 Å². The highest BCUT2D eigenvalue weighted by Gasteiger charge is 2.07. The van der Waals surface area contributed by atoms with Gasteiger partial charge >= 0.3 is 0 Å². The van der Waals surface area contributed by atoms with Gasteiger partial charge in [-0.05, 0) is 24.1 Å². The van der Waals surface area contributed by atoms with Crippen LogP contribution in [0.25, 0.3) is 0 Å². The lowest BCUT2D eigenvalue weighted by Gasteiger charge is -2.06. The third-order valence-corrected chi connectivity index (χ3v) is 3.28. The molecule has 19 heavy (non-hydrogen) atoms. The first-order chi connectivity index (χ1) is 9.17. The molecule has 0 saturated carbocycles. The van der Waals surface area contributed by atoms with Crippen molar-refractivity contribution >= 4 is 27.7 Å². The summed E-state index contributed by atoms with van der Waals surface area (Å²) in [6, 6.07) is 7.26. The summed E-state index contributed by atoms with van der Waals surface area (Å²) in [5.41, 5.74) is 1.67. The zero-order chi connectivity index (χ0) is 14.1. The van der Waals surface area contributed by atoms with Gasteiger partial charge < -0.3 is 10.6 Å². The lowest BCUT2D eigenvalue weighted by Crippen LogP contribution is -2.37. The molecular weight excluding hydrogens is 308 g/mol. The molecule has 0 atom stereocenters. The largest absolute Gasteiger partial charge is 0.355 e. The number of amides is 2. The monoisotopic (exact) mass is 326 g/mol. The first-order valence-electron chi connectivity index (χ1n) is 6.37. The van der Waals surface area contributed by atoms with Gasteiger partial charge in [0.05, 0.1) is 6.54 Å². The average molecular weight is 327 g/mol. The summed E-state index contributed by atoms with van der Waals surface area (Å²) >= 11 is 3.35. The molecule has 0 aliphatic carbocycles. The van der Waals surface area contributed by atoms with Gasteiger partial charge in [0, 0.05) is 17.4 Å². The van der Waals surface area contributed by atoms with Gasteiger partial charge in [-0.3, -0.25) is 9.59 Å². The lowest BCUT2D eigenvalue weighted by molar-refractivity contribution is -0.120. The van der Waals surface area contributed by atoms with E-state index in [1.54, 1.807) is 12.1 Å². The van der Waals surface area contributed by atoms with Crippen LogP contribution in [-0.4, -0.2) is 24.9 Å². The van der Waals surface area contributed by atoms with Gasteiger partial charge in [-0.1, -0.05) is 41.4 Å². The summed E-state index contributed by atoms with van der Waals surface area (Å²) in [6.07, 6.45) is 1.99. The van der Waals surface area contributed by atoms with Crippen molar-refractivity contribution < 1.29 is 9.59 Å². The zero-order valence-electron chi connectivity index (χ0n) is 11.0. The Bertz CT molecular complexity index is 418. The fourth-order valence-electron chi connectivity index (χ4n) is 1.47. The Balaban J connectivity index is 2.35. The van der Waals surface area contributed by atoms with Gasteiger partial charge in [-0.25, -0.2) is 0 Å². The second kappa shape index (κ2) is 8.69. The van der Waals surface area contributed by atoms with E-state index >= 15 is 0 Å². The number of hydrogen-bond acceptors (Lipinski definition) is 2. The molecule has 0 radical (unpaired) electrons. The van der Waals surface area contributed by atoms with Crippen molar-refractivity contribution in [3.05, 3.63) is 35.4 Å². The van der Waals surface area contributed by atoms with E-state index < -0.39 is 0 Å².